The summed E-state index contributed by atoms with van der Waals surface area (Å²) in [5, 5.41) is 52.6. The van der Waals surface area contributed by atoms with Crippen molar-refractivity contribution in [3.63, 3.8) is 0 Å². The zero-order valence-electron chi connectivity index (χ0n) is 39.9. The highest BCUT2D eigenvalue weighted by molar-refractivity contribution is 6.14. The highest BCUT2D eigenvalue weighted by Crippen LogP contribution is 2.47. The van der Waals surface area contributed by atoms with Crippen molar-refractivity contribution in [1.82, 2.24) is 9.13 Å². The van der Waals surface area contributed by atoms with E-state index >= 15 is 13.2 Å². The van der Waals surface area contributed by atoms with E-state index in [1.165, 1.54) is 12.1 Å². The summed E-state index contributed by atoms with van der Waals surface area (Å²) in [5.41, 5.74) is 11.2. The summed E-state index contributed by atoms with van der Waals surface area (Å²) in [4.78, 5) is 0. The van der Waals surface area contributed by atoms with Gasteiger partial charge in [-0.3, -0.25) is 0 Å². The molecule has 7 nitrogen and oxygen atoms in total. The van der Waals surface area contributed by atoms with Gasteiger partial charge in [-0.15, -0.1) is 0 Å². The molecule has 0 aliphatic carbocycles. The Kier molecular flexibility index (Phi) is 11.1. The van der Waals surface area contributed by atoms with Gasteiger partial charge in [0.1, 0.15) is 0 Å². The number of aromatic nitrogens is 2. The fraction of sp³-hybridized carbons (Fsp3) is 0.0152. The van der Waals surface area contributed by atoms with Crippen LogP contribution < -0.4 is 0 Å². The van der Waals surface area contributed by atoms with E-state index in [0.29, 0.717) is 61.0 Å². The quantitative estimate of drug-likeness (QED) is 0.157. The molecule has 2 heterocycles. The summed E-state index contributed by atoms with van der Waals surface area (Å²) in [5.74, 6) is 0. The average molecular weight is 982 g/mol. The van der Waals surface area contributed by atoms with Gasteiger partial charge >= 0.3 is 6.18 Å². The molecule has 0 bridgehead atoms. The molecule has 76 heavy (non-hydrogen) atoms. The molecular formula is C66H34F3N7. The molecule has 0 amide bonds. The first-order chi connectivity index (χ1) is 37.0. The van der Waals surface area contributed by atoms with Gasteiger partial charge < -0.3 is 9.13 Å². The van der Waals surface area contributed by atoms with Gasteiger partial charge in [0.2, 0.25) is 0 Å². The normalized spacial score (nSPS) is 11.3. The van der Waals surface area contributed by atoms with Gasteiger partial charge in [0, 0.05) is 27.1 Å². The third-order valence-corrected chi connectivity index (χ3v) is 14.0. The summed E-state index contributed by atoms with van der Waals surface area (Å²) in [6.45, 7) is 0. The zero-order valence-corrected chi connectivity index (χ0v) is 39.9. The minimum Gasteiger partial charge on any atom is -0.309 e. The number of rotatable bonds is 7. The van der Waals surface area contributed by atoms with Crippen LogP contribution in [0, 0.1) is 56.7 Å². The van der Waals surface area contributed by atoms with Gasteiger partial charge in [-0.05, 0) is 171 Å². The molecular weight excluding hydrogens is 948 g/mol. The van der Waals surface area contributed by atoms with Crippen molar-refractivity contribution in [2.24, 2.45) is 0 Å². The number of nitriles is 5. The van der Waals surface area contributed by atoms with E-state index in [2.05, 4.69) is 30.3 Å². The van der Waals surface area contributed by atoms with Crippen LogP contribution >= 0.6 is 0 Å². The summed E-state index contributed by atoms with van der Waals surface area (Å²) in [7, 11) is 0. The molecule has 0 unspecified atom stereocenters. The van der Waals surface area contributed by atoms with Crippen molar-refractivity contribution in [3.8, 4) is 97.4 Å². The van der Waals surface area contributed by atoms with E-state index in [-0.39, 0.29) is 11.4 Å². The molecule has 2 aromatic heterocycles. The molecule has 0 saturated carbocycles. The Labute approximate surface area is 433 Å². The first-order valence-corrected chi connectivity index (χ1v) is 24.0. The summed E-state index contributed by atoms with van der Waals surface area (Å²) < 4.78 is 51.7. The fourth-order valence-electron chi connectivity index (χ4n) is 10.5. The second-order valence-corrected chi connectivity index (χ2v) is 18.4. The number of hydrogen-bond donors (Lipinski definition) is 0. The molecule has 10 heteroatoms. The lowest BCUT2D eigenvalue weighted by Crippen LogP contribution is -2.11. The van der Waals surface area contributed by atoms with E-state index < -0.39 is 11.7 Å². The van der Waals surface area contributed by atoms with Crippen molar-refractivity contribution in [1.29, 1.82) is 26.3 Å². The fourth-order valence-corrected chi connectivity index (χ4v) is 10.5. The lowest BCUT2D eigenvalue weighted by molar-refractivity contribution is -0.137. The summed E-state index contributed by atoms with van der Waals surface area (Å²) >= 11 is 0. The van der Waals surface area contributed by atoms with Crippen LogP contribution in [0.3, 0.4) is 0 Å². The van der Waals surface area contributed by atoms with Crippen molar-refractivity contribution in [2.75, 3.05) is 0 Å². The lowest BCUT2D eigenvalue weighted by atomic mass is 9.96. The molecule has 0 spiro atoms. The Morgan fingerprint density at radius 1 is 0.289 bits per heavy atom. The number of benzene rings is 10. The van der Waals surface area contributed by atoms with Crippen LogP contribution in [0.4, 0.5) is 13.2 Å². The van der Waals surface area contributed by atoms with Gasteiger partial charge in [-0.2, -0.15) is 39.5 Å². The minimum atomic E-state index is -4.84. The number of halogens is 3. The van der Waals surface area contributed by atoms with E-state index in [1.54, 1.807) is 72.8 Å². The predicted octanol–water partition coefficient (Wildman–Crippen LogP) is 16.6. The van der Waals surface area contributed by atoms with Crippen LogP contribution in [-0.2, 0) is 6.18 Å². The third-order valence-electron chi connectivity index (χ3n) is 14.0. The smallest absolute Gasteiger partial charge is 0.309 e. The van der Waals surface area contributed by atoms with E-state index in [0.717, 1.165) is 66.1 Å². The molecule has 0 fully saturated rings. The van der Waals surface area contributed by atoms with Crippen molar-refractivity contribution in [2.45, 2.75) is 6.18 Å². The first kappa shape index (κ1) is 46.1. The maximum absolute atomic E-state index is 16.0. The molecule has 10 aromatic carbocycles. The van der Waals surface area contributed by atoms with Crippen LogP contribution in [-0.4, -0.2) is 9.13 Å². The second-order valence-electron chi connectivity index (χ2n) is 18.4. The highest BCUT2D eigenvalue weighted by atomic mass is 19.4. The molecule has 354 valence electrons. The van der Waals surface area contributed by atoms with Crippen LogP contribution in [0.15, 0.2) is 206 Å². The van der Waals surface area contributed by atoms with Crippen molar-refractivity contribution < 1.29 is 13.2 Å². The van der Waals surface area contributed by atoms with E-state index in [9.17, 15) is 26.3 Å². The van der Waals surface area contributed by atoms with Gasteiger partial charge in [0.05, 0.1) is 97.2 Å². The summed E-state index contributed by atoms with van der Waals surface area (Å²) in [6.07, 6.45) is -4.84. The van der Waals surface area contributed by atoms with Crippen LogP contribution in [0.25, 0.3) is 111 Å². The molecule has 0 saturated heterocycles. The Morgan fingerprint density at radius 2 is 0.539 bits per heavy atom. The van der Waals surface area contributed by atoms with Crippen LogP contribution in [0.1, 0.15) is 33.4 Å². The Morgan fingerprint density at radius 3 is 0.803 bits per heavy atom. The Hall–Kier alpha value is -11.0. The highest BCUT2D eigenvalue weighted by Gasteiger charge is 2.34. The molecule has 0 aliphatic heterocycles. The molecule has 0 N–H and O–H groups in total. The zero-order chi connectivity index (χ0) is 52.2. The monoisotopic (exact) mass is 981 g/mol. The van der Waals surface area contributed by atoms with E-state index in [1.807, 2.05) is 130 Å². The Balaban J connectivity index is 1.22. The lowest BCUT2D eigenvalue weighted by Gasteiger charge is -2.23. The van der Waals surface area contributed by atoms with Crippen molar-refractivity contribution in [3.05, 3.63) is 240 Å². The number of hydrogen-bond acceptors (Lipinski definition) is 5. The van der Waals surface area contributed by atoms with Gasteiger partial charge in [0.15, 0.2) is 0 Å². The van der Waals surface area contributed by atoms with Crippen molar-refractivity contribution >= 4 is 43.6 Å². The molecule has 12 aromatic rings. The number of nitrogens with zero attached hydrogens (tertiary/aromatic N) is 7. The third kappa shape index (κ3) is 7.92. The largest absolute Gasteiger partial charge is 0.416 e. The van der Waals surface area contributed by atoms with Crippen LogP contribution in [0.5, 0.6) is 0 Å². The Bertz CT molecular complexity index is 4170. The SMILES string of the molecule is N#Cc1cccc(-c2ccc3c(c2)c2cc(-c4cccc(C#N)c4)ccc2n3-c2cc(C(F)(F)F)cc(-n3c4ccc(-c5cccc(C#N)c5)cc4c4cc(-c5cccc(C#N)c5)ccc43)c2-c2cccc(C#N)c2)c1. The molecule has 0 radical (unpaired) electrons. The minimum absolute atomic E-state index is 0.197. The second kappa shape index (κ2) is 18.3. The number of alkyl halides is 3. The molecule has 12 rings (SSSR count). The average Bonchev–Trinajstić information content (AvgIpc) is 4.01. The number of fused-ring (bicyclic) bond motifs is 6. The van der Waals surface area contributed by atoms with Crippen LogP contribution in [0.2, 0.25) is 0 Å². The predicted molar refractivity (Wildman–Crippen MR) is 291 cm³/mol. The van der Waals surface area contributed by atoms with Gasteiger partial charge in [-0.25, -0.2) is 0 Å². The maximum Gasteiger partial charge on any atom is 0.416 e. The maximum atomic E-state index is 16.0. The standard InChI is InChI=1S/C66H34F3N7/c67-66(68,69)54-33-63(75-59-20-16-49(45-11-1-6-40(24-45)35-70)29-55(59)56-30-50(17-21-60(56)75)46-12-2-7-41(25-46)36-71)65(53-15-5-10-44(28-53)39-74)64(34-54)76-61-22-18-51(47-13-3-8-42(26-47)37-72)31-57(61)58-32-52(19-23-62(58)76)48-14-4-9-43(27-48)38-73/h1-34H. The molecule has 0 atom stereocenters. The summed E-state index contributed by atoms with van der Waals surface area (Å²) in [6, 6.07) is 72.4. The van der Waals surface area contributed by atoms with Gasteiger partial charge in [0.25, 0.3) is 0 Å². The van der Waals surface area contributed by atoms with E-state index in [4.69, 9.17) is 0 Å². The topological polar surface area (TPSA) is 129 Å². The first-order valence-electron chi connectivity index (χ1n) is 24.0. The van der Waals surface area contributed by atoms with Gasteiger partial charge in [-0.1, -0.05) is 84.9 Å². The molecule has 0 aliphatic rings.